The van der Waals surface area contributed by atoms with Gasteiger partial charge in [0, 0.05) is 12.1 Å². The van der Waals surface area contributed by atoms with E-state index in [1.165, 1.54) is 24.3 Å². The number of rotatable bonds is 6. The van der Waals surface area contributed by atoms with Gasteiger partial charge in [-0.15, -0.1) is 0 Å². The van der Waals surface area contributed by atoms with Crippen molar-refractivity contribution in [1.82, 2.24) is 5.06 Å². The maximum atomic E-state index is 12.2. The van der Waals surface area contributed by atoms with Crippen molar-refractivity contribution >= 4 is 33.5 Å². The average molecular weight is 420 g/mol. The molecule has 12 heteroatoms. The van der Waals surface area contributed by atoms with Crippen LogP contribution in [0.4, 0.5) is 10.5 Å². The number of hydrogen-bond donors (Lipinski definition) is 0. The number of fused-ring (bicyclic) bond motifs is 1. The quantitative estimate of drug-likeness (QED) is 0.294. The first-order valence-corrected chi connectivity index (χ1v) is 9.65. The Morgan fingerprint density at radius 1 is 1.00 bits per heavy atom. The molecule has 0 saturated carbocycles. The highest BCUT2D eigenvalue weighted by atomic mass is 32.2. The van der Waals surface area contributed by atoms with Crippen molar-refractivity contribution in [3.8, 4) is 0 Å². The first kappa shape index (κ1) is 19.9. The number of amides is 2. The van der Waals surface area contributed by atoms with Crippen LogP contribution in [0.15, 0.2) is 53.4 Å². The Morgan fingerprint density at radius 3 is 2.07 bits per heavy atom. The van der Waals surface area contributed by atoms with Gasteiger partial charge >= 0.3 is 6.16 Å². The maximum absolute atomic E-state index is 12.2. The first-order chi connectivity index (χ1) is 13.7. The number of non-ortho nitro benzene ring substituents is 1. The minimum Gasteiger partial charge on any atom is -0.432 e. The molecule has 3 rings (SSSR count). The molecule has 0 N–H and O–H groups in total. The SMILES string of the molecule is O=C(OCCS(=O)(=O)c1ccc([N+](=O)[O-])cc1)ON1C(=O)c2ccccc2C1=O. The van der Waals surface area contributed by atoms with Gasteiger partial charge in [0.2, 0.25) is 0 Å². The van der Waals surface area contributed by atoms with Crippen LogP contribution in [-0.2, 0) is 19.4 Å². The molecular formula is C17H12N2O9S. The zero-order valence-electron chi connectivity index (χ0n) is 14.5. The molecule has 0 unspecified atom stereocenters. The zero-order valence-corrected chi connectivity index (χ0v) is 15.3. The van der Waals surface area contributed by atoms with Crippen LogP contribution in [0.5, 0.6) is 0 Å². The standard InChI is InChI=1S/C17H12N2O9S/c20-15-13-3-1-2-4-14(13)16(21)18(15)28-17(22)27-9-10-29(25,26)12-7-5-11(6-8-12)19(23)24/h1-8H,9-10H2. The summed E-state index contributed by atoms with van der Waals surface area (Å²) in [6.07, 6.45) is -1.43. The second kappa shape index (κ2) is 7.67. The summed E-state index contributed by atoms with van der Waals surface area (Å²) in [5, 5.41) is 10.8. The van der Waals surface area contributed by atoms with Gasteiger partial charge in [-0.1, -0.05) is 17.2 Å². The highest BCUT2D eigenvalue weighted by molar-refractivity contribution is 7.91. The van der Waals surface area contributed by atoms with Crippen molar-refractivity contribution in [2.75, 3.05) is 12.4 Å². The maximum Gasteiger partial charge on any atom is 0.534 e. The molecule has 29 heavy (non-hydrogen) atoms. The molecule has 1 heterocycles. The van der Waals surface area contributed by atoms with Crippen LogP contribution in [0.1, 0.15) is 20.7 Å². The molecule has 0 atom stereocenters. The number of ether oxygens (including phenoxy) is 1. The molecular weight excluding hydrogens is 408 g/mol. The van der Waals surface area contributed by atoms with Crippen molar-refractivity contribution in [2.45, 2.75) is 4.90 Å². The van der Waals surface area contributed by atoms with Gasteiger partial charge in [-0.05, 0) is 24.3 Å². The summed E-state index contributed by atoms with van der Waals surface area (Å²) in [6, 6.07) is 10.0. The minimum atomic E-state index is -3.89. The number of carbonyl (C=O) groups excluding carboxylic acids is 3. The summed E-state index contributed by atoms with van der Waals surface area (Å²) >= 11 is 0. The first-order valence-electron chi connectivity index (χ1n) is 8.00. The summed E-state index contributed by atoms with van der Waals surface area (Å²) < 4.78 is 29.0. The lowest BCUT2D eigenvalue weighted by Gasteiger charge is -2.12. The van der Waals surface area contributed by atoms with Crippen LogP contribution >= 0.6 is 0 Å². The normalized spacial score (nSPS) is 13.2. The fourth-order valence-electron chi connectivity index (χ4n) is 2.48. The van der Waals surface area contributed by atoms with E-state index in [0.717, 1.165) is 24.3 Å². The van der Waals surface area contributed by atoms with E-state index >= 15 is 0 Å². The van der Waals surface area contributed by atoms with E-state index in [1.807, 2.05) is 0 Å². The molecule has 0 spiro atoms. The third-order valence-electron chi connectivity index (χ3n) is 3.90. The molecule has 1 aliphatic rings. The van der Waals surface area contributed by atoms with Crippen LogP contribution in [-0.4, -0.2) is 48.7 Å². The van der Waals surface area contributed by atoms with Crippen molar-refractivity contribution < 1.29 is 37.3 Å². The molecule has 0 fully saturated rings. The predicted molar refractivity (Wildman–Crippen MR) is 94.5 cm³/mol. The Morgan fingerprint density at radius 2 is 1.55 bits per heavy atom. The summed E-state index contributed by atoms with van der Waals surface area (Å²) in [5.74, 6) is -2.33. The smallest absolute Gasteiger partial charge is 0.432 e. The molecule has 2 aromatic rings. The van der Waals surface area contributed by atoms with Gasteiger partial charge in [0.15, 0.2) is 9.84 Å². The third-order valence-corrected chi connectivity index (χ3v) is 5.60. The number of hydroxylamine groups is 2. The van der Waals surface area contributed by atoms with E-state index in [4.69, 9.17) is 0 Å². The monoisotopic (exact) mass is 420 g/mol. The van der Waals surface area contributed by atoms with Crippen LogP contribution in [0.3, 0.4) is 0 Å². The fourth-order valence-corrected chi connectivity index (χ4v) is 3.57. The zero-order chi connectivity index (χ0) is 21.2. The predicted octanol–water partition coefficient (Wildman–Crippen LogP) is 1.73. The van der Waals surface area contributed by atoms with Crippen molar-refractivity contribution in [3.05, 3.63) is 69.8 Å². The average Bonchev–Trinajstić information content (AvgIpc) is 2.93. The number of nitro benzene ring substituents is 1. The lowest BCUT2D eigenvalue weighted by Crippen LogP contribution is -2.33. The molecule has 0 bridgehead atoms. The second-order valence-electron chi connectivity index (χ2n) is 5.71. The van der Waals surface area contributed by atoms with E-state index in [2.05, 4.69) is 9.57 Å². The molecule has 150 valence electrons. The number of hydrogen-bond acceptors (Lipinski definition) is 9. The van der Waals surface area contributed by atoms with Crippen LogP contribution in [0.2, 0.25) is 0 Å². The van der Waals surface area contributed by atoms with Crippen molar-refractivity contribution in [3.63, 3.8) is 0 Å². The number of sulfone groups is 1. The third kappa shape index (κ3) is 4.06. The highest BCUT2D eigenvalue weighted by Crippen LogP contribution is 2.23. The second-order valence-corrected chi connectivity index (χ2v) is 7.82. The number of imide groups is 1. The molecule has 2 aromatic carbocycles. The Labute approximate surface area is 163 Å². The topological polar surface area (TPSA) is 150 Å². The molecule has 0 aromatic heterocycles. The molecule has 0 radical (unpaired) electrons. The van der Waals surface area contributed by atoms with E-state index in [0.29, 0.717) is 0 Å². The molecule has 11 nitrogen and oxygen atoms in total. The van der Waals surface area contributed by atoms with Gasteiger partial charge in [-0.25, -0.2) is 13.2 Å². The summed E-state index contributed by atoms with van der Waals surface area (Å²) in [4.78, 5) is 50.2. The summed E-state index contributed by atoms with van der Waals surface area (Å²) in [5.41, 5.74) is -0.151. The van der Waals surface area contributed by atoms with Crippen LogP contribution < -0.4 is 0 Å². The van der Waals surface area contributed by atoms with Gasteiger partial charge < -0.3 is 4.74 Å². The Bertz CT molecular complexity index is 1070. The number of carbonyl (C=O) groups is 3. The van der Waals surface area contributed by atoms with Crippen LogP contribution in [0, 0.1) is 10.1 Å². The molecule has 0 aliphatic carbocycles. The molecule has 2 amide bonds. The van der Waals surface area contributed by atoms with E-state index < -0.39 is 45.1 Å². The van der Waals surface area contributed by atoms with Gasteiger partial charge in [-0.3, -0.25) is 24.5 Å². The van der Waals surface area contributed by atoms with Crippen LogP contribution in [0.25, 0.3) is 0 Å². The summed E-state index contributed by atoms with van der Waals surface area (Å²) in [7, 11) is -3.89. The molecule has 1 aliphatic heterocycles. The Kier molecular flexibility index (Phi) is 5.28. The highest BCUT2D eigenvalue weighted by Gasteiger charge is 2.39. The fraction of sp³-hybridized carbons (Fsp3) is 0.118. The van der Waals surface area contributed by atoms with Gasteiger partial charge in [0.1, 0.15) is 6.61 Å². The lowest BCUT2D eigenvalue weighted by molar-refractivity contribution is -0.384. The van der Waals surface area contributed by atoms with E-state index in [1.54, 1.807) is 0 Å². The van der Waals surface area contributed by atoms with Gasteiger partial charge in [0.25, 0.3) is 17.5 Å². The van der Waals surface area contributed by atoms with Gasteiger partial charge in [0.05, 0.1) is 26.7 Å². The van der Waals surface area contributed by atoms with E-state index in [9.17, 15) is 32.9 Å². The van der Waals surface area contributed by atoms with E-state index in [-0.39, 0.29) is 26.8 Å². The molecule has 0 saturated heterocycles. The number of benzene rings is 2. The largest absolute Gasteiger partial charge is 0.534 e. The van der Waals surface area contributed by atoms with Gasteiger partial charge in [-0.2, -0.15) is 0 Å². The Hall–Kier alpha value is -3.80. The number of nitro groups is 1. The van der Waals surface area contributed by atoms with Crippen molar-refractivity contribution in [1.29, 1.82) is 0 Å². The summed E-state index contributed by atoms with van der Waals surface area (Å²) in [6.45, 7) is -0.624. The minimum absolute atomic E-state index is 0.0612. The lowest BCUT2D eigenvalue weighted by atomic mass is 10.1. The Balaban J connectivity index is 1.55. The number of nitrogens with zero attached hydrogens (tertiary/aromatic N) is 2. The van der Waals surface area contributed by atoms with Crippen molar-refractivity contribution in [2.24, 2.45) is 0 Å².